The first kappa shape index (κ1) is 21.1. The van der Waals surface area contributed by atoms with Crippen LogP contribution in [-0.4, -0.2) is 33.8 Å². The molecular formula is C23H24N2O5. The summed E-state index contributed by atoms with van der Waals surface area (Å²) in [7, 11) is 0. The molecule has 0 aliphatic heterocycles. The van der Waals surface area contributed by atoms with Gasteiger partial charge in [0.15, 0.2) is 0 Å². The van der Waals surface area contributed by atoms with Gasteiger partial charge < -0.3 is 20.0 Å². The topological polar surface area (TPSA) is 111 Å². The van der Waals surface area contributed by atoms with Crippen LogP contribution in [0.4, 0.5) is 0 Å². The van der Waals surface area contributed by atoms with Crippen molar-refractivity contribution >= 4 is 23.2 Å². The maximum absolute atomic E-state index is 12.7. The second kappa shape index (κ2) is 9.26. The number of aliphatic carboxylic acids is 1. The number of carbonyl (C=O) groups excluding carboxylic acids is 2. The Labute approximate surface area is 174 Å². The SMILES string of the molecule is CCc1c(C(=O)C(N)=O)c2cc(OCCCC(=O)O)ccn2c1Cc1ccccc1. The molecule has 7 heteroatoms. The van der Waals surface area contributed by atoms with Crippen molar-refractivity contribution in [2.24, 2.45) is 5.73 Å². The molecule has 2 heterocycles. The highest BCUT2D eigenvalue weighted by Gasteiger charge is 2.25. The van der Waals surface area contributed by atoms with Gasteiger partial charge in [-0.1, -0.05) is 37.3 Å². The van der Waals surface area contributed by atoms with E-state index in [9.17, 15) is 14.4 Å². The van der Waals surface area contributed by atoms with Crippen LogP contribution in [0.1, 0.15) is 46.9 Å². The highest BCUT2D eigenvalue weighted by Crippen LogP contribution is 2.30. The van der Waals surface area contributed by atoms with Gasteiger partial charge in [0.2, 0.25) is 0 Å². The fourth-order valence-corrected chi connectivity index (χ4v) is 3.59. The highest BCUT2D eigenvalue weighted by atomic mass is 16.5. The maximum atomic E-state index is 12.7. The number of nitrogens with zero attached hydrogens (tertiary/aromatic N) is 1. The molecule has 3 rings (SSSR count). The van der Waals surface area contributed by atoms with E-state index in [-0.39, 0.29) is 13.0 Å². The van der Waals surface area contributed by atoms with Crippen molar-refractivity contribution in [3.8, 4) is 5.75 Å². The van der Waals surface area contributed by atoms with Crippen LogP contribution in [0.5, 0.6) is 5.75 Å². The third-order valence-electron chi connectivity index (χ3n) is 4.95. The summed E-state index contributed by atoms with van der Waals surface area (Å²) in [6.07, 6.45) is 3.34. The summed E-state index contributed by atoms with van der Waals surface area (Å²) in [5.74, 6) is -2.12. The smallest absolute Gasteiger partial charge is 0.303 e. The van der Waals surface area contributed by atoms with Crippen LogP contribution in [0, 0.1) is 0 Å². The van der Waals surface area contributed by atoms with E-state index in [1.54, 1.807) is 18.3 Å². The molecule has 0 fully saturated rings. The van der Waals surface area contributed by atoms with Gasteiger partial charge in [-0.25, -0.2) is 0 Å². The number of fused-ring (bicyclic) bond motifs is 1. The Hall–Kier alpha value is -3.61. The first-order valence-corrected chi connectivity index (χ1v) is 9.80. The number of primary amides is 1. The molecule has 1 aromatic carbocycles. The summed E-state index contributed by atoms with van der Waals surface area (Å²) in [6.45, 7) is 2.17. The van der Waals surface area contributed by atoms with Gasteiger partial charge in [0.05, 0.1) is 17.7 Å². The number of Topliss-reactive ketones (excluding diaryl/α,β-unsaturated/α-hetero) is 1. The minimum atomic E-state index is -1.00. The summed E-state index contributed by atoms with van der Waals surface area (Å²) in [6, 6.07) is 13.3. The van der Waals surface area contributed by atoms with Crippen LogP contribution in [0.15, 0.2) is 48.7 Å². The monoisotopic (exact) mass is 408 g/mol. The number of benzene rings is 1. The van der Waals surface area contributed by atoms with Crippen LogP contribution in [-0.2, 0) is 22.4 Å². The number of carboxylic acid groups (broad SMARTS) is 1. The molecule has 7 nitrogen and oxygen atoms in total. The van der Waals surface area contributed by atoms with Crippen molar-refractivity contribution in [2.75, 3.05) is 6.61 Å². The van der Waals surface area contributed by atoms with Crippen LogP contribution >= 0.6 is 0 Å². The molecule has 0 saturated carbocycles. The lowest BCUT2D eigenvalue weighted by Gasteiger charge is -2.08. The molecular weight excluding hydrogens is 384 g/mol. The quantitative estimate of drug-likeness (QED) is 0.304. The number of amides is 1. The zero-order valence-corrected chi connectivity index (χ0v) is 16.8. The van der Waals surface area contributed by atoms with Crippen molar-refractivity contribution in [1.82, 2.24) is 4.40 Å². The van der Waals surface area contributed by atoms with Crippen LogP contribution in [0.3, 0.4) is 0 Å². The molecule has 0 aliphatic rings. The Morgan fingerprint density at radius 3 is 2.50 bits per heavy atom. The fourth-order valence-electron chi connectivity index (χ4n) is 3.59. The van der Waals surface area contributed by atoms with E-state index < -0.39 is 17.7 Å². The average Bonchev–Trinajstić information content (AvgIpc) is 3.03. The lowest BCUT2D eigenvalue weighted by atomic mass is 9.99. The van der Waals surface area contributed by atoms with E-state index in [1.165, 1.54) is 0 Å². The van der Waals surface area contributed by atoms with Crippen LogP contribution in [0.25, 0.3) is 5.52 Å². The van der Waals surface area contributed by atoms with E-state index in [2.05, 4.69) is 0 Å². The largest absolute Gasteiger partial charge is 0.493 e. The van der Waals surface area contributed by atoms with E-state index in [1.807, 2.05) is 41.7 Å². The lowest BCUT2D eigenvalue weighted by molar-refractivity contribution is -0.137. The maximum Gasteiger partial charge on any atom is 0.303 e. The number of aromatic nitrogens is 1. The van der Waals surface area contributed by atoms with Crippen LogP contribution < -0.4 is 10.5 Å². The van der Waals surface area contributed by atoms with E-state index in [0.29, 0.717) is 36.1 Å². The van der Waals surface area contributed by atoms with Gasteiger partial charge in [-0.05, 0) is 30.0 Å². The number of rotatable bonds is 10. The summed E-state index contributed by atoms with van der Waals surface area (Å²) in [5, 5.41) is 8.74. The number of ether oxygens (including phenoxy) is 1. The Balaban J connectivity index is 2.05. The van der Waals surface area contributed by atoms with Crippen molar-refractivity contribution in [2.45, 2.75) is 32.6 Å². The Morgan fingerprint density at radius 2 is 1.87 bits per heavy atom. The molecule has 0 spiro atoms. The van der Waals surface area contributed by atoms with Crippen molar-refractivity contribution < 1.29 is 24.2 Å². The molecule has 0 aliphatic carbocycles. The minimum absolute atomic E-state index is 0.0139. The van der Waals surface area contributed by atoms with Gasteiger partial charge >= 0.3 is 5.97 Å². The number of hydrogen-bond acceptors (Lipinski definition) is 4. The summed E-state index contributed by atoms with van der Waals surface area (Å²) in [5.41, 5.74) is 8.96. The summed E-state index contributed by atoms with van der Waals surface area (Å²) < 4.78 is 7.55. The zero-order valence-electron chi connectivity index (χ0n) is 16.8. The van der Waals surface area contributed by atoms with Gasteiger partial charge in [0, 0.05) is 30.8 Å². The predicted octanol–water partition coefficient (Wildman–Crippen LogP) is 3.00. The fraction of sp³-hybridized carbons (Fsp3) is 0.261. The average molecular weight is 408 g/mol. The number of carboxylic acids is 1. The van der Waals surface area contributed by atoms with E-state index in [4.69, 9.17) is 15.6 Å². The van der Waals surface area contributed by atoms with E-state index in [0.717, 1.165) is 16.8 Å². The Morgan fingerprint density at radius 1 is 1.13 bits per heavy atom. The van der Waals surface area contributed by atoms with Gasteiger partial charge in [-0.3, -0.25) is 14.4 Å². The second-order valence-corrected chi connectivity index (χ2v) is 6.97. The number of hydrogen-bond donors (Lipinski definition) is 2. The molecule has 0 saturated heterocycles. The molecule has 3 N–H and O–H groups in total. The molecule has 0 radical (unpaired) electrons. The van der Waals surface area contributed by atoms with Crippen LogP contribution in [0.2, 0.25) is 0 Å². The normalized spacial score (nSPS) is 10.8. The number of carbonyl (C=O) groups is 3. The molecule has 0 atom stereocenters. The highest BCUT2D eigenvalue weighted by molar-refractivity contribution is 6.44. The number of pyridine rings is 1. The van der Waals surface area contributed by atoms with Crippen molar-refractivity contribution in [1.29, 1.82) is 0 Å². The second-order valence-electron chi connectivity index (χ2n) is 6.97. The lowest BCUT2D eigenvalue weighted by Crippen LogP contribution is -2.24. The third-order valence-corrected chi connectivity index (χ3v) is 4.95. The van der Waals surface area contributed by atoms with Gasteiger partial charge in [-0.15, -0.1) is 0 Å². The first-order valence-electron chi connectivity index (χ1n) is 9.80. The van der Waals surface area contributed by atoms with Crippen molar-refractivity contribution in [3.05, 3.63) is 71.0 Å². The number of nitrogens with two attached hydrogens (primary N) is 1. The molecule has 1 amide bonds. The minimum Gasteiger partial charge on any atom is -0.493 e. The van der Waals surface area contributed by atoms with Gasteiger partial charge in [0.25, 0.3) is 11.7 Å². The molecule has 2 aromatic heterocycles. The first-order chi connectivity index (χ1) is 14.4. The zero-order chi connectivity index (χ0) is 21.7. The van der Waals surface area contributed by atoms with Crippen molar-refractivity contribution in [3.63, 3.8) is 0 Å². The molecule has 156 valence electrons. The Kier molecular flexibility index (Phi) is 6.51. The third kappa shape index (κ3) is 4.51. The molecule has 0 bridgehead atoms. The van der Waals surface area contributed by atoms with E-state index >= 15 is 0 Å². The molecule has 30 heavy (non-hydrogen) atoms. The molecule has 0 unspecified atom stereocenters. The van der Waals surface area contributed by atoms with Gasteiger partial charge in [0.1, 0.15) is 5.75 Å². The molecule has 3 aromatic rings. The predicted molar refractivity (Wildman–Crippen MR) is 112 cm³/mol. The summed E-state index contributed by atoms with van der Waals surface area (Å²) in [4.78, 5) is 35.0. The summed E-state index contributed by atoms with van der Waals surface area (Å²) >= 11 is 0. The standard InChI is InChI=1S/C23H24N2O5/c1-2-17-18(13-15-7-4-3-5-8-15)25-11-10-16(30-12-6-9-20(26)27)14-19(25)21(17)22(28)23(24)29/h3-5,7-8,10-11,14H,2,6,9,12-13H2,1H3,(H2,24,29)(H,26,27). The van der Waals surface area contributed by atoms with Gasteiger partial charge in [-0.2, -0.15) is 0 Å². The number of ketones is 1. The Bertz CT molecular complexity index is 1090.